The Morgan fingerprint density at radius 1 is 1.09 bits per heavy atom. The number of carbonyl (C=O) groups excluding carboxylic acids is 1. The Morgan fingerprint density at radius 2 is 1.76 bits per heavy atom. The second-order valence-corrected chi connectivity index (χ2v) is 9.30. The summed E-state index contributed by atoms with van der Waals surface area (Å²) in [6.07, 6.45) is 0. The zero-order chi connectivity index (χ0) is 24.2. The average molecular weight is 451 g/mol. The minimum Gasteiger partial charge on any atom is -0.497 e. The van der Waals surface area contributed by atoms with Gasteiger partial charge in [-0.25, -0.2) is 9.48 Å². The molecule has 0 radical (unpaired) electrons. The predicted molar refractivity (Wildman–Crippen MR) is 130 cm³/mol. The van der Waals surface area contributed by atoms with Gasteiger partial charge in [-0.05, 0) is 65.8 Å². The topological polar surface area (TPSA) is 68.6 Å². The van der Waals surface area contributed by atoms with Gasteiger partial charge in [0.15, 0.2) is 0 Å². The summed E-state index contributed by atoms with van der Waals surface area (Å²) in [6.45, 7) is 12.2. The molecule has 0 saturated heterocycles. The maximum Gasteiger partial charge on any atom is 0.318 e. The van der Waals surface area contributed by atoms with E-state index in [2.05, 4.69) is 5.32 Å². The van der Waals surface area contributed by atoms with Gasteiger partial charge in [-0.15, -0.1) is 0 Å². The quantitative estimate of drug-likeness (QED) is 0.501. The Hall–Kier alpha value is -3.48. The lowest BCUT2D eigenvalue weighted by Gasteiger charge is -2.31. The third-order valence-electron chi connectivity index (χ3n) is 5.09. The molecule has 1 N–H and O–H groups in total. The molecule has 2 aromatic carbocycles. The number of aromatic nitrogens is 2. The van der Waals surface area contributed by atoms with Crippen LogP contribution in [0.5, 0.6) is 17.4 Å². The maximum atomic E-state index is 13.1. The molecule has 0 fully saturated rings. The van der Waals surface area contributed by atoms with Crippen LogP contribution in [0.1, 0.15) is 45.9 Å². The largest absolute Gasteiger partial charge is 0.497 e. The average Bonchev–Trinajstić information content (AvgIpc) is 3.06. The molecule has 7 nitrogen and oxygen atoms in total. The van der Waals surface area contributed by atoms with E-state index in [0.717, 1.165) is 16.9 Å². The van der Waals surface area contributed by atoms with Crippen LogP contribution in [0.4, 0.5) is 4.79 Å². The molecular formula is C26H34N4O3. The first-order valence-electron chi connectivity index (χ1n) is 11.1. The number of carbonyl (C=O) groups is 1. The third-order valence-corrected chi connectivity index (χ3v) is 5.09. The predicted octanol–water partition coefficient (Wildman–Crippen LogP) is 5.70. The van der Waals surface area contributed by atoms with Gasteiger partial charge in [0.2, 0.25) is 5.88 Å². The number of ether oxygens (including phenoxy) is 2. The van der Waals surface area contributed by atoms with Crippen molar-refractivity contribution >= 4 is 6.03 Å². The van der Waals surface area contributed by atoms with Crippen molar-refractivity contribution in [2.45, 2.75) is 59.7 Å². The number of benzene rings is 2. The monoisotopic (exact) mass is 450 g/mol. The van der Waals surface area contributed by atoms with Gasteiger partial charge in [-0.2, -0.15) is 5.10 Å². The molecule has 2 amide bonds. The van der Waals surface area contributed by atoms with Crippen LogP contribution in [0, 0.1) is 6.92 Å². The van der Waals surface area contributed by atoms with E-state index in [9.17, 15) is 4.79 Å². The molecule has 0 spiro atoms. The van der Waals surface area contributed by atoms with Gasteiger partial charge in [-0.1, -0.05) is 24.3 Å². The number of nitrogens with one attached hydrogen (secondary N) is 1. The molecule has 33 heavy (non-hydrogen) atoms. The van der Waals surface area contributed by atoms with E-state index < -0.39 is 0 Å². The highest BCUT2D eigenvalue weighted by molar-refractivity contribution is 5.75. The first-order chi connectivity index (χ1) is 15.6. The molecule has 0 bridgehead atoms. The van der Waals surface area contributed by atoms with Crippen LogP contribution < -0.4 is 14.8 Å². The summed E-state index contributed by atoms with van der Waals surface area (Å²) in [7, 11) is 1.62. The number of urea groups is 1. The smallest absolute Gasteiger partial charge is 0.318 e. The summed E-state index contributed by atoms with van der Waals surface area (Å²) in [5.74, 6) is 1.90. The van der Waals surface area contributed by atoms with Crippen LogP contribution >= 0.6 is 0 Å². The minimum atomic E-state index is -0.340. The summed E-state index contributed by atoms with van der Waals surface area (Å²) >= 11 is 0. The zero-order valence-corrected chi connectivity index (χ0v) is 20.5. The molecule has 176 valence electrons. The molecule has 0 unspecified atom stereocenters. The Labute approximate surface area is 196 Å². The van der Waals surface area contributed by atoms with Crippen LogP contribution in [0.25, 0.3) is 5.69 Å². The molecule has 7 heteroatoms. The molecule has 0 aliphatic heterocycles. The standard InChI is InChI=1S/C26H34N4O3/c1-18(2)29(25(31)27-26(4,5)6)17-23-19(3)28-30(20-12-9-8-10-13-20)24(23)33-22-15-11-14-21(16-22)32-7/h8-16,18H,17H2,1-7H3,(H,27,31). The summed E-state index contributed by atoms with van der Waals surface area (Å²) in [5, 5.41) is 7.83. The van der Waals surface area contributed by atoms with E-state index in [0.29, 0.717) is 23.9 Å². The van der Waals surface area contributed by atoms with E-state index in [4.69, 9.17) is 14.6 Å². The van der Waals surface area contributed by atoms with Crippen molar-refractivity contribution in [2.24, 2.45) is 0 Å². The molecule has 0 aliphatic rings. The number of rotatable bonds is 7. The van der Waals surface area contributed by atoms with E-state index >= 15 is 0 Å². The normalized spacial score (nSPS) is 11.4. The fraction of sp³-hybridized carbons (Fsp3) is 0.385. The number of hydrogen-bond donors (Lipinski definition) is 1. The highest BCUT2D eigenvalue weighted by atomic mass is 16.5. The van der Waals surface area contributed by atoms with Crippen LogP contribution in [-0.2, 0) is 6.54 Å². The fourth-order valence-electron chi connectivity index (χ4n) is 3.40. The first-order valence-corrected chi connectivity index (χ1v) is 11.1. The highest BCUT2D eigenvalue weighted by Crippen LogP contribution is 2.33. The van der Waals surface area contributed by atoms with E-state index in [-0.39, 0.29) is 17.6 Å². The highest BCUT2D eigenvalue weighted by Gasteiger charge is 2.27. The van der Waals surface area contributed by atoms with Crippen molar-refractivity contribution < 1.29 is 14.3 Å². The maximum absolute atomic E-state index is 13.1. The molecule has 3 aromatic rings. The molecule has 0 atom stereocenters. The van der Waals surface area contributed by atoms with Crippen LogP contribution in [0.2, 0.25) is 0 Å². The number of methoxy groups -OCH3 is 1. The van der Waals surface area contributed by atoms with Crippen molar-refractivity contribution in [2.75, 3.05) is 7.11 Å². The Kier molecular flexibility index (Phi) is 7.31. The van der Waals surface area contributed by atoms with E-state index in [1.54, 1.807) is 16.7 Å². The summed E-state index contributed by atoms with van der Waals surface area (Å²) < 4.78 is 13.5. The van der Waals surface area contributed by atoms with Gasteiger partial charge >= 0.3 is 6.03 Å². The number of aryl methyl sites for hydroxylation is 1. The molecule has 3 rings (SSSR count). The molecule has 1 aromatic heterocycles. The molecule has 1 heterocycles. The molecule has 0 aliphatic carbocycles. The lowest BCUT2D eigenvalue weighted by atomic mass is 10.1. The lowest BCUT2D eigenvalue weighted by molar-refractivity contribution is 0.170. The van der Waals surface area contributed by atoms with Crippen LogP contribution in [0.3, 0.4) is 0 Å². The van der Waals surface area contributed by atoms with Gasteiger partial charge in [0.25, 0.3) is 0 Å². The van der Waals surface area contributed by atoms with Gasteiger partial charge in [0.05, 0.1) is 30.6 Å². The lowest BCUT2D eigenvalue weighted by Crippen LogP contribution is -2.50. The summed E-state index contributed by atoms with van der Waals surface area (Å²) in [6, 6.07) is 17.1. The number of hydrogen-bond acceptors (Lipinski definition) is 4. The van der Waals surface area contributed by atoms with Crippen LogP contribution in [-0.4, -0.2) is 39.4 Å². The van der Waals surface area contributed by atoms with Crippen molar-refractivity contribution in [3.8, 4) is 23.1 Å². The second kappa shape index (κ2) is 9.98. The minimum absolute atomic E-state index is 0.0171. The molecular weight excluding hydrogens is 416 g/mol. The SMILES string of the molecule is COc1cccc(Oc2c(CN(C(=O)NC(C)(C)C)C(C)C)c(C)nn2-c2ccccc2)c1. The Balaban J connectivity index is 2.06. The van der Waals surface area contributed by atoms with Crippen molar-refractivity contribution in [1.29, 1.82) is 0 Å². The zero-order valence-electron chi connectivity index (χ0n) is 20.5. The Bertz CT molecular complexity index is 1080. The fourth-order valence-corrected chi connectivity index (χ4v) is 3.40. The van der Waals surface area contributed by atoms with Gasteiger partial charge in [0, 0.05) is 17.6 Å². The van der Waals surface area contributed by atoms with E-state index in [1.807, 2.05) is 96.1 Å². The number of para-hydroxylation sites is 1. The van der Waals surface area contributed by atoms with E-state index in [1.165, 1.54) is 0 Å². The second-order valence-electron chi connectivity index (χ2n) is 9.30. The summed E-state index contributed by atoms with van der Waals surface area (Å²) in [4.78, 5) is 14.9. The Morgan fingerprint density at radius 3 is 2.36 bits per heavy atom. The van der Waals surface area contributed by atoms with Gasteiger partial charge in [0.1, 0.15) is 11.5 Å². The van der Waals surface area contributed by atoms with Gasteiger partial charge < -0.3 is 19.7 Å². The van der Waals surface area contributed by atoms with Crippen LogP contribution in [0.15, 0.2) is 54.6 Å². The summed E-state index contributed by atoms with van der Waals surface area (Å²) in [5.41, 5.74) is 2.18. The van der Waals surface area contributed by atoms with Crippen molar-refractivity contribution in [1.82, 2.24) is 20.0 Å². The van der Waals surface area contributed by atoms with Gasteiger partial charge in [-0.3, -0.25) is 0 Å². The number of nitrogens with zero attached hydrogens (tertiary/aromatic N) is 3. The van der Waals surface area contributed by atoms with Crippen molar-refractivity contribution in [3.63, 3.8) is 0 Å². The van der Waals surface area contributed by atoms with Crippen molar-refractivity contribution in [3.05, 3.63) is 65.9 Å². The number of amides is 2. The molecule has 0 saturated carbocycles. The third kappa shape index (κ3) is 6.06. The first kappa shape index (κ1) is 24.2.